The van der Waals surface area contributed by atoms with E-state index < -0.39 is 35.8 Å². The fourth-order valence-corrected chi connectivity index (χ4v) is 20.0. The van der Waals surface area contributed by atoms with E-state index in [1.807, 2.05) is 128 Å². The maximum absolute atomic E-state index is 13.9. The zero-order chi connectivity index (χ0) is 97.0. The topological polar surface area (TPSA) is 571 Å². The lowest BCUT2D eigenvalue weighted by Crippen LogP contribution is -2.40. The van der Waals surface area contributed by atoms with Crippen LogP contribution >= 0.6 is 15.9 Å². The maximum atomic E-state index is 13.9. The first-order chi connectivity index (χ1) is 64.6. The van der Waals surface area contributed by atoms with Crippen molar-refractivity contribution in [2.75, 3.05) is 23.8 Å². The number of carbonyl (C=O) groups is 3. The van der Waals surface area contributed by atoms with Gasteiger partial charge in [-0.1, -0.05) is 20.3 Å². The Balaban J connectivity index is 0.000000202. The van der Waals surface area contributed by atoms with Crippen LogP contribution in [0.3, 0.4) is 0 Å². The zero-order valence-electron chi connectivity index (χ0n) is 81.4. The number of aliphatic hydroxyl groups is 1. The number of aliphatic hydroxyl groups excluding tert-OH is 1. The fraction of sp³-hybridized carbons (Fsp3) is 0.495. The molecule has 0 aromatic carbocycles. The third kappa shape index (κ3) is 29.1. The quantitative estimate of drug-likeness (QED) is 0.0273. The number of nitrogens with zero attached hydrogens (tertiary/aromatic N) is 18. The maximum Gasteiger partial charge on any atom is 0.491 e. The number of hydrogen-bond acceptors (Lipinski definition) is 29. The van der Waals surface area contributed by atoms with E-state index in [4.69, 9.17) is 46.6 Å². The van der Waals surface area contributed by atoms with Gasteiger partial charge in [-0.2, -0.15) is 8.78 Å². The summed E-state index contributed by atoms with van der Waals surface area (Å²) < 4.78 is 45.6. The first kappa shape index (κ1) is 112. The van der Waals surface area contributed by atoms with E-state index in [1.165, 1.54) is 76.1 Å². The second-order valence-electron chi connectivity index (χ2n) is 38.2. The predicted molar refractivity (Wildman–Crippen MR) is 532 cm³/mol. The van der Waals surface area contributed by atoms with Gasteiger partial charge >= 0.3 is 25.4 Å². The molecule has 0 aliphatic carbocycles. The van der Waals surface area contributed by atoms with Gasteiger partial charge in [0, 0.05) is 240 Å². The molecule has 19 N–H and O–H groups in total. The van der Waals surface area contributed by atoms with Crippen LogP contribution in [0.5, 0.6) is 0 Å². The highest BCUT2D eigenvalue weighted by atomic mass is 79.9. The number of ether oxygens (including phenoxy) is 3. The number of halogens is 3. The highest BCUT2D eigenvalue weighted by molar-refractivity contribution is 9.10. The molecule has 10 saturated heterocycles. The minimum Gasteiger partial charge on any atom is -0.444 e. The van der Waals surface area contributed by atoms with Crippen LogP contribution in [-0.2, 0) is 14.2 Å². The predicted octanol–water partition coefficient (Wildman–Crippen LogP) is 12.3. The van der Waals surface area contributed by atoms with Gasteiger partial charge in [0.05, 0.1) is 4.47 Å². The van der Waals surface area contributed by atoms with Crippen molar-refractivity contribution in [1.82, 2.24) is 100 Å². The van der Waals surface area contributed by atoms with Crippen molar-refractivity contribution >= 4 is 64.2 Å². The Morgan fingerprint density at radius 1 is 0.410 bits per heavy atom. The van der Waals surface area contributed by atoms with Gasteiger partial charge in [0.2, 0.25) is 11.9 Å². The number of nitrogens with one attached hydrogen (secondary N) is 2. The number of nitrogen functional groups attached to an aromatic ring is 3. The van der Waals surface area contributed by atoms with Gasteiger partial charge in [0.25, 0.3) is 0 Å². The average Bonchev–Trinajstić information content (AvgIpc) is 1.61. The van der Waals surface area contributed by atoms with Crippen molar-refractivity contribution in [3.05, 3.63) is 199 Å². The highest BCUT2D eigenvalue weighted by Crippen LogP contribution is 2.52. The molecule has 139 heavy (non-hydrogen) atoms. The average molecular weight is 1980 g/mol. The fourth-order valence-electron chi connectivity index (χ4n) is 19.7. The molecule has 20 rings (SSSR count). The zero-order valence-corrected chi connectivity index (χ0v) is 83.0. The molecule has 20 heterocycles. The van der Waals surface area contributed by atoms with Gasteiger partial charge in [-0.3, -0.25) is 0 Å². The number of carbonyl (C=O) groups excluding carboxylic acids is 3. The standard InChI is InChI=1S/2C20H25N5O2.C16H22BrN3O2.2C15H15FN4.C4H5BN2O2.C4H6.C3H8.C2H6O.4H2O/c2*1-20(2,3)27-19(26)25-14-4-5-17(25)15(7-14)12-6-16(18(21)24-10-12)13-8-22-11-23-9-13;1-16(2,3)22-15(21)20-10-4-5-13(20)11(7-10)9-6-12(17)14(18)19-8-9;2*16-15-13(10-5-17-8-18-6-10)3-9(7-19-15)12-4-11-1-2-14(12)20-11;8-5(9)4-1-6-3-7-2-4;1-3-4-2;1-3-2;1-2-3;;;;/h2*6,8-11,14-15,17H,4-5,7H2,1-3H3,(H2,21,24);6,8,10-11,13H,4-5,7H2,1-3H3,(H2,18,19);2*3,5-8,11-12,14,20H,1-2,4H2;1-3,8-9H;1-2H3;3H2,1-2H3;3H,2H2,1H3;4*1H2. The summed E-state index contributed by atoms with van der Waals surface area (Å²) in [4.78, 5) is 104. The largest absolute Gasteiger partial charge is 0.491 e. The number of anilines is 3. The lowest BCUT2D eigenvalue weighted by Gasteiger charge is -2.28. The molecule has 3 amide bonds. The Hall–Kier alpha value is -12.0. The van der Waals surface area contributed by atoms with Gasteiger partial charge in [-0.15, -0.1) is 11.8 Å². The van der Waals surface area contributed by atoms with E-state index in [-0.39, 0.29) is 94.9 Å². The Labute approximate surface area is 820 Å². The van der Waals surface area contributed by atoms with Crippen LogP contribution in [0.1, 0.15) is 257 Å². The normalized spacial score (nSPS) is 22.7. The minimum absolute atomic E-state index is 0. The van der Waals surface area contributed by atoms with Gasteiger partial charge in [0.1, 0.15) is 65.9 Å². The molecule has 0 spiro atoms. The van der Waals surface area contributed by atoms with Crippen LogP contribution in [0, 0.1) is 23.7 Å². The van der Waals surface area contributed by atoms with Crippen LogP contribution in [-0.4, -0.2) is 236 Å². The van der Waals surface area contributed by atoms with E-state index in [9.17, 15) is 23.2 Å². The first-order valence-electron chi connectivity index (χ1n) is 46.5. The number of aromatic nitrogens is 15. The van der Waals surface area contributed by atoms with Crippen LogP contribution in [0.25, 0.3) is 44.5 Å². The molecule has 10 bridgehead atoms. The molecule has 10 aromatic heterocycles. The molecule has 15 atom stereocenters. The molecule has 10 fully saturated rings. The molecule has 748 valence electrons. The minimum atomic E-state index is -1.47. The molecular weight excluding hydrogens is 1850 g/mol. The van der Waals surface area contributed by atoms with Crippen molar-refractivity contribution in [2.24, 2.45) is 0 Å². The van der Waals surface area contributed by atoms with Gasteiger partial charge in [-0.25, -0.2) is 89.1 Å². The second-order valence-corrected chi connectivity index (χ2v) is 39.0. The van der Waals surface area contributed by atoms with Crippen molar-refractivity contribution < 1.29 is 74.4 Å². The van der Waals surface area contributed by atoms with Crippen molar-refractivity contribution in [1.29, 1.82) is 0 Å². The van der Waals surface area contributed by atoms with Crippen LogP contribution in [0.4, 0.5) is 40.6 Å². The van der Waals surface area contributed by atoms with Gasteiger partial charge in [-0.05, 0) is 253 Å². The highest BCUT2D eigenvalue weighted by Gasteiger charge is 2.54. The third-order valence-corrected chi connectivity index (χ3v) is 25.9. The van der Waals surface area contributed by atoms with Crippen LogP contribution in [0.2, 0.25) is 0 Å². The summed E-state index contributed by atoms with van der Waals surface area (Å²) in [6.45, 7) is 26.9. The summed E-state index contributed by atoms with van der Waals surface area (Å²) in [6.07, 6.45) is 48.9. The van der Waals surface area contributed by atoms with Crippen molar-refractivity contribution in [3.8, 4) is 56.3 Å². The summed E-state index contributed by atoms with van der Waals surface area (Å²) in [5.74, 6) is 7.56. The molecular formula is C99H135BBrF2N23O13. The van der Waals surface area contributed by atoms with E-state index in [1.54, 1.807) is 68.9 Å². The SMILES string of the molecule is CC#CC.CC(C)(C)OC(=O)N1C2CCC1C(c1cnc(N)c(-c3cncnc3)c1)C2.CC(C)(C)OC(=O)N1C2CCC1C(c1cnc(N)c(-c3cncnc3)c1)C2.CC(C)(C)OC(=O)N1C2CCC1C(c1cnc(N)c(Br)c1)C2.CCC.CCO.Fc1ncc(C2CC3CCC2N3)cc1-c1cncnc1.Fc1ncc(C2CC3CCC2N3)cc1-c1cncnc1.O.O.O.O.OB(O)c1cncnc1. The Morgan fingerprint density at radius 2 is 0.676 bits per heavy atom. The van der Waals surface area contributed by atoms with E-state index in [2.05, 4.69) is 139 Å². The molecule has 40 heteroatoms. The molecule has 10 aliphatic heterocycles. The summed E-state index contributed by atoms with van der Waals surface area (Å²) in [5, 5.41) is 31.8. The molecule has 15 unspecified atom stereocenters. The monoisotopic (exact) mass is 1980 g/mol. The van der Waals surface area contributed by atoms with Crippen molar-refractivity contribution in [2.45, 2.75) is 306 Å². The van der Waals surface area contributed by atoms with E-state index >= 15 is 0 Å². The molecule has 0 radical (unpaired) electrons. The third-order valence-electron chi connectivity index (χ3n) is 25.3. The summed E-state index contributed by atoms with van der Waals surface area (Å²) in [6, 6.07) is 13.5. The number of fused-ring (bicyclic) bond motifs is 10. The molecule has 36 nitrogen and oxygen atoms in total. The first-order valence-corrected chi connectivity index (χ1v) is 47.2. The van der Waals surface area contributed by atoms with Crippen LogP contribution < -0.4 is 33.3 Å². The molecule has 10 aliphatic rings. The molecule has 0 saturated carbocycles. The van der Waals surface area contributed by atoms with E-state index in [0.717, 1.165) is 125 Å². The van der Waals surface area contributed by atoms with Crippen molar-refractivity contribution in [3.63, 3.8) is 0 Å². The number of rotatable bonds is 10. The summed E-state index contributed by atoms with van der Waals surface area (Å²) >= 11 is 3.44. The van der Waals surface area contributed by atoms with Gasteiger partial charge < -0.3 is 93.8 Å². The van der Waals surface area contributed by atoms with Gasteiger partial charge in [0.15, 0.2) is 0 Å². The van der Waals surface area contributed by atoms with E-state index in [0.29, 0.717) is 87.1 Å². The Bertz CT molecular complexity index is 5370. The summed E-state index contributed by atoms with van der Waals surface area (Å²) in [7, 11) is -1.47. The number of amides is 3. The number of nitrogens with two attached hydrogens (primary N) is 3. The smallest absolute Gasteiger partial charge is 0.444 e. The molecule has 10 aromatic rings. The number of pyridine rings is 5. The lowest BCUT2D eigenvalue weighted by molar-refractivity contribution is 0.0201. The van der Waals surface area contributed by atoms with Crippen LogP contribution in [0.15, 0.2) is 159 Å². The Morgan fingerprint density at radius 3 is 0.935 bits per heavy atom. The number of hydrogen-bond donors (Lipinski definition) is 8. The Kier molecular flexibility index (Phi) is 41.4. The summed E-state index contributed by atoms with van der Waals surface area (Å²) in [5.41, 5.74) is 28.1. The second kappa shape index (κ2) is 51.2. The lowest BCUT2D eigenvalue weighted by atomic mass is 9.83.